The summed E-state index contributed by atoms with van der Waals surface area (Å²) in [7, 11) is 3.41. The number of benzene rings is 1. The van der Waals surface area contributed by atoms with Crippen molar-refractivity contribution in [2.24, 2.45) is 0 Å². The van der Waals surface area contributed by atoms with Gasteiger partial charge in [-0.3, -0.25) is 15.0 Å². The standard InChI is InChI=1S/C13H18N2O4/c1-14-7-12(13(8-14,9-16)15(17)18)10-3-5-11(19-2)6-4-10/h3-6,12,16H,7-9H2,1-2H3/t12-,13-/m1/s1. The Morgan fingerprint density at radius 3 is 2.63 bits per heavy atom. The van der Waals surface area contributed by atoms with Gasteiger partial charge >= 0.3 is 0 Å². The number of nitro groups is 1. The molecule has 2 rings (SSSR count). The zero-order valence-electron chi connectivity index (χ0n) is 11.1. The predicted octanol–water partition coefficient (Wildman–Crippen LogP) is 0.732. The van der Waals surface area contributed by atoms with Crippen LogP contribution in [-0.4, -0.2) is 54.3 Å². The Labute approximate surface area is 111 Å². The van der Waals surface area contributed by atoms with Gasteiger partial charge in [0.15, 0.2) is 0 Å². The highest BCUT2D eigenvalue weighted by Crippen LogP contribution is 2.38. The zero-order valence-corrected chi connectivity index (χ0v) is 11.1. The number of likely N-dealkylation sites (N-methyl/N-ethyl adjacent to an activating group) is 1. The molecule has 0 bridgehead atoms. The van der Waals surface area contributed by atoms with Crippen LogP contribution in [0.4, 0.5) is 0 Å². The van der Waals surface area contributed by atoms with Crippen LogP contribution in [0, 0.1) is 10.1 Å². The van der Waals surface area contributed by atoms with E-state index in [1.807, 2.05) is 24.1 Å². The largest absolute Gasteiger partial charge is 0.497 e. The van der Waals surface area contributed by atoms with Gasteiger partial charge in [-0.1, -0.05) is 12.1 Å². The Morgan fingerprint density at radius 2 is 2.16 bits per heavy atom. The fraction of sp³-hybridized carbons (Fsp3) is 0.538. The van der Waals surface area contributed by atoms with E-state index in [0.717, 1.165) is 5.56 Å². The summed E-state index contributed by atoms with van der Waals surface area (Å²) in [5.74, 6) is 0.397. The summed E-state index contributed by atoms with van der Waals surface area (Å²) in [5, 5.41) is 20.9. The lowest BCUT2D eigenvalue weighted by atomic mass is 9.83. The minimum Gasteiger partial charge on any atom is -0.497 e. The second-order valence-electron chi connectivity index (χ2n) is 5.04. The molecule has 19 heavy (non-hydrogen) atoms. The smallest absolute Gasteiger partial charge is 0.265 e. The van der Waals surface area contributed by atoms with Crippen molar-refractivity contribution in [3.05, 3.63) is 39.9 Å². The molecule has 1 aliphatic rings. The lowest BCUT2D eigenvalue weighted by molar-refractivity contribution is -0.572. The monoisotopic (exact) mass is 266 g/mol. The Hall–Kier alpha value is -1.66. The minimum atomic E-state index is -1.32. The van der Waals surface area contributed by atoms with Crippen molar-refractivity contribution < 1.29 is 14.8 Å². The molecular weight excluding hydrogens is 248 g/mol. The molecule has 2 atom stereocenters. The summed E-state index contributed by atoms with van der Waals surface area (Å²) >= 11 is 0. The normalized spacial score (nSPS) is 27.4. The molecule has 0 aliphatic carbocycles. The first-order valence-electron chi connectivity index (χ1n) is 6.11. The van der Waals surface area contributed by atoms with E-state index in [1.54, 1.807) is 19.2 Å². The number of methoxy groups -OCH3 is 1. The van der Waals surface area contributed by atoms with Crippen molar-refractivity contribution in [3.63, 3.8) is 0 Å². The van der Waals surface area contributed by atoms with Gasteiger partial charge < -0.3 is 9.84 Å². The third-order valence-corrected chi connectivity index (χ3v) is 3.84. The van der Waals surface area contributed by atoms with Crippen molar-refractivity contribution in [3.8, 4) is 5.75 Å². The Balaban J connectivity index is 2.37. The van der Waals surface area contributed by atoms with Gasteiger partial charge in [0.05, 0.1) is 19.6 Å². The molecule has 0 spiro atoms. The molecule has 1 aliphatic heterocycles. The number of likely N-dealkylation sites (tertiary alicyclic amines) is 1. The topological polar surface area (TPSA) is 75.8 Å². The number of hydrogen-bond donors (Lipinski definition) is 1. The molecule has 6 heteroatoms. The first-order valence-corrected chi connectivity index (χ1v) is 6.11. The van der Waals surface area contributed by atoms with Crippen LogP contribution < -0.4 is 4.74 Å². The van der Waals surface area contributed by atoms with Crippen LogP contribution in [0.2, 0.25) is 0 Å². The van der Waals surface area contributed by atoms with E-state index in [1.165, 1.54) is 0 Å². The minimum absolute atomic E-state index is 0.257. The lowest BCUT2D eigenvalue weighted by Gasteiger charge is -2.24. The number of aliphatic hydroxyl groups excluding tert-OH is 1. The van der Waals surface area contributed by atoms with Crippen LogP contribution in [0.5, 0.6) is 5.75 Å². The van der Waals surface area contributed by atoms with Gasteiger partial charge in [0.2, 0.25) is 0 Å². The molecule has 1 N–H and O–H groups in total. The van der Waals surface area contributed by atoms with Gasteiger partial charge in [0.25, 0.3) is 5.54 Å². The molecule has 1 heterocycles. The highest BCUT2D eigenvalue weighted by molar-refractivity contribution is 5.32. The van der Waals surface area contributed by atoms with Crippen LogP contribution in [0.15, 0.2) is 24.3 Å². The SMILES string of the molecule is COc1ccc([C@H]2CN(C)C[C@]2(CO)[N+](=O)[O-])cc1. The molecule has 1 aromatic carbocycles. The number of nitrogens with zero attached hydrogens (tertiary/aromatic N) is 2. The van der Waals surface area contributed by atoms with Crippen molar-refractivity contribution >= 4 is 0 Å². The Morgan fingerprint density at radius 1 is 1.53 bits per heavy atom. The van der Waals surface area contributed by atoms with E-state index in [0.29, 0.717) is 12.3 Å². The summed E-state index contributed by atoms with van der Waals surface area (Å²) in [4.78, 5) is 12.9. The second kappa shape index (κ2) is 5.14. The van der Waals surface area contributed by atoms with E-state index >= 15 is 0 Å². The summed E-state index contributed by atoms with van der Waals surface area (Å²) in [5.41, 5.74) is -0.459. The van der Waals surface area contributed by atoms with E-state index in [4.69, 9.17) is 4.74 Å². The molecule has 0 unspecified atom stereocenters. The maximum absolute atomic E-state index is 11.4. The average Bonchev–Trinajstić information content (AvgIpc) is 2.77. The Kier molecular flexibility index (Phi) is 3.73. The van der Waals surface area contributed by atoms with Crippen LogP contribution in [0.1, 0.15) is 11.5 Å². The van der Waals surface area contributed by atoms with Crippen molar-refractivity contribution in [1.82, 2.24) is 4.90 Å². The molecule has 1 fully saturated rings. The number of rotatable bonds is 4. The van der Waals surface area contributed by atoms with E-state index in [2.05, 4.69) is 0 Å². The maximum Gasteiger partial charge on any atom is 0.265 e. The van der Waals surface area contributed by atoms with E-state index < -0.39 is 12.1 Å². The molecule has 0 amide bonds. The highest BCUT2D eigenvalue weighted by Gasteiger charge is 2.56. The third kappa shape index (κ3) is 2.29. The maximum atomic E-state index is 11.4. The van der Waals surface area contributed by atoms with Crippen molar-refractivity contribution in [1.29, 1.82) is 0 Å². The summed E-state index contributed by atoms with van der Waals surface area (Å²) < 4.78 is 5.09. The first-order chi connectivity index (χ1) is 9.03. The van der Waals surface area contributed by atoms with Gasteiger partial charge in [0.1, 0.15) is 12.4 Å². The van der Waals surface area contributed by atoms with Gasteiger partial charge in [0, 0.05) is 11.5 Å². The Bertz CT molecular complexity index is 462. The zero-order chi connectivity index (χ0) is 14.0. The predicted molar refractivity (Wildman–Crippen MR) is 70.0 cm³/mol. The first kappa shape index (κ1) is 13.8. The van der Waals surface area contributed by atoms with Gasteiger partial charge in [-0.15, -0.1) is 0 Å². The van der Waals surface area contributed by atoms with Gasteiger partial charge in [-0.2, -0.15) is 0 Å². The van der Waals surface area contributed by atoms with E-state index in [9.17, 15) is 15.2 Å². The summed E-state index contributed by atoms with van der Waals surface area (Å²) in [6, 6.07) is 7.23. The van der Waals surface area contributed by atoms with Crippen LogP contribution in [0.25, 0.3) is 0 Å². The molecule has 0 aromatic heterocycles. The molecule has 104 valence electrons. The lowest BCUT2D eigenvalue weighted by Crippen LogP contribution is -2.48. The number of aliphatic hydroxyl groups is 1. The van der Waals surface area contributed by atoms with Crippen LogP contribution in [0.3, 0.4) is 0 Å². The summed E-state index contributed by atoms with van der Waals surface area (Å²) in [6.07, 6.45) is 0. The second-order valence-corrected chi connectivity index (χ2v) is 5.04. The highest BCUT2D eigenvalue weighted by atomic mass is 16.6. The molecule has 0 saturated carbocycles. The number of ether oxygens (including phenoxy) is 1. The van der Waals surface area contributed by atoms with Crippen LogP contribution in [-0.2, 0) is 0 Å². The van der Waals surface area contributed by atoms with E-state index in [-0.39, 0.29) is 17.4 Å². The number of hydrogen-bond acceptors (Lipinski definition) is 5. The molecular formula is C13H18N2O4. The molecule has 0 radical (unpaired) electrons. The third-order valence-electron chi connectivity index (χ3n) is 3.84. The fourth-order valence-corrected chi connectivity index (χ4v) is 2.78. The van der Waals surface area contributed by atoms with Gasteiger partial charge in [-0.25, -0.2) is 0 Å². The molecule has 6 nitrogen and oxygen atoms in total. The molecule has 1 saturated heterocycles. The average molecular weight is 266 g/mol. The van der Waals surface area contributed by atoms with Crippen molar-refractivity contribution in [2.45, 2.75) is 11.5 Å². The fourth-order valence-electron chi connectivity index (χ4n) is 2.78. The molecule has 1 aromatic rings. The van der Waals surface area contributed by atoms with Crippen molar-refractivity contribution in [2.75, 3.05) is 33.9 Å². The van der Waals surface area contributed by atoms with Crippen LogP contribution >= 0.6 is 0 Å². The van der Waals surface area contributed by atoms with Gasteiger partial charge in [-0.05, 0) is 24.7 Å². The summed E-state index contributed by atoms with van der Waals surface area (Å²) in [6.45, 7) is 0.363. The quantitative estimate of drug-likeness (QED) is 0.642.